The molecule has 0 radical (unpaired) electrons. The highest BCUT2D eigenvalue weighted by Gasteiger charge is 2.28. The maximum absolute atomic E-state index is 12.9. The number of nitrogens with zero attached hydrogens (tertiary/aromatic N) is 2. The van der Waals surface area contributed by atoms with Gasteiger partial charge in [-0.2, -0.15) is 4.31 Å². The predicted octanol–water partition coefficient (Wildman–Crippen LogP) is 3.14. The van der Waals surface area contributed by atoms with Crippen molar-refractivity contribution in [3.05, 3.63) is 65.7 Å². The van der Waals surface area contributed by atoms with Crippen molar-refractivity contribution in [3.8, 4) is 0 Å². The van der Waals surface area contributed by atoms with Crippen LogP contribution in [-0.4, -0.2) is 57.3 Å². The smallest absolute Gasteiger partial charge is 0.251 e. The first kappa shape index (κ1) is 22.5. The van der Waals surface area contributed by atoms with Crippen molar-refractivity contribution in [2.75, 3.05) is 33.7 Å². The minimum atomic E-state index is -3.52. The zero-order valence-electron chi connectivity index (χ0n) is 17.9. The van der Waals surface area contributed by atoms with Crippen molar-refractivity contribution in [2.24, 2.45) is 5.92 Å². The Morgan fingerprint density at radius 2 is 1.80 bits per heavy atom. The lowest BCUT2D eigenvalue weighted by Crippen LogP contribution is -2.39. The Morgan fingerprint density at radius 3 is 2.40 bits per heavy atom. The van der Waals surface area contributed by atoms with Crippen molar-refractivity contribution in [1.29, 1.82) is 0 Å². The Morgan fingerprint density at radius 1 is 1.13 bits per heavy atom. The Balaban J connectivity index is 1.74. The zero-order chi connectivity index (χ0) is 21.7. The molecule has 1 amide bonds. The lowest BCUT2D eigenvalue weighted by atomic mass is 10.0. The van der Waals surface area contributed by atoms with E-state index in [-0.39, 0.29) is 16.8 Å². The molecule has 1 fully saturated rings. The summed E-state index contributed by atoms with van der Waals surface area (Å²) in [7, 11) is 0.399. The number of amides is 1. The molecule has 2 aromatic rings. The maximum Gasteiger partial charge on any atom is 0.251 e. The largest absolute Gasteiger partial charge is 0.344 e. The van der Waals surface area contributed by atoms with Gasteiger partial charge in [-0.3, -0.25) is 4.79 Å². The van der Waals surface area contributed by atoms with E-state index in [1.807, 2.05) is 49.3 Å². The first-order chi connectivity index (χ1) is 14.3. The van der Waals surface area contributed by atoms with Crippen LogP contribution < -0.4 is 5.32 Å². The van der Waals surface area contributed by atoms with Gasteiger partial charge in [-0.1, -0.05) is 37.3 Å². The highest BCUT2D eigenvalue weighted by atomic mass is 32.2. The van der Waals surface area contributed by atoms with E-state index in [4.69, 9.17) is 0 Å². The van der Waals surface area contributed by atoms with Crippen LogP contribution in [0.25, 0.3) is 0 Å². The third-order valence-corrected chi connectivity index (χ3v) is 7.31. The van der Waals surface area contributed by atoms with E-state index in [2.05, 4.69) is 12.2 Å². The summed E-state index contributed by atoms with van der Waals surface area (Å²) in [4.78, 5) is 15.1. The number of benzene rings is 2. The molecular weight excluding hydrogens is 398 g/mol. The Labute approximate surface area is 179 Å². The minimum Gasteiger partial charge on any atom is -0.344 e. The van der Waals surface area contributed by atoms with E-state index in [1.54, 1.807) is 16.4 Å². The molecule has 0 bridgehead atoms. The van der Waals surface area contributed by atoms with E-state index in [0.717, 1.165) is 18.4 Å². The molecule has 0 aliphatic carbocycles. The molecule has 0 saturated carbocycles. The maximum atomic E-state index is 12.9. The van der Waals surface area contributed by atoms with Gasteiger partial charge >= 0.3 is 0 Å². The monoisotopic (exact) mass is 429 g/mol. The molecule has 1 saturated heterocycles. The van der Waals surface area contributed by atoms with E-state index < -0.39 is 10.0 Å². The third kappa shape index (κ3) is 5.47. The number of likely N-dealkylation sites (N-methyl/N-ethyl adjacent to an activating group) is 1. The van der Waals surface area contributed by atoms with Crippen molar-refractivity contribution in [2.45, 2.75) is 30.7 Å². The standard InChI is InChI=1S/C23H31N3O3S/c1-18-8-7-15-26(16-18)30(28,29)21-13-11-20(12-14-21)23(27)24-22(17-25(2)3)19-9-5-4-6-10-19/h4-6,9-14,18,22H,7-8,15-17H2,1-3H3,(H,24,27)/t18-,22-/m1/s1. The van der Waals surface area contributed by atoms with Crippen molar-refractivity contribution < 1.29 is 13.2 Å². The quantitative estimate of drug-likeness (QED) is 0.734. The molecule has 1 aliphatic rings. The van der Waals surface area contributed by atoms with Crippen LogP contribution in [0.15, 0.2) is 59.5 Å². The summed E-state index contributed by atoms with van der Waals surface area (Å²) >= 11 is 0. The SMILES string of the molecule is C[C@@H]1CCCN(S(=O)(=O)c2ccc(C(=O)N[C@H](CN(C)C)c3ccccc3)cc2)C1. The molecule has 1 aliphatic heterocycles. The molecule has 3 rings (SSSR count). The van der Waals surface area contributed by atoms with Crippen LogP contribution in [0.3, 0.4) is 0 Å². The summed E-state index contributed by atoms with van der Waals surface area (Å²) in [5.74, 6) is 0.145. The number of carbonyl (C=O) groups excluding carboxylic acids is 1. The fraction of sp³-hybridized carbons (Fsp3) is 0.435. The van der Waals surface area contributed by atoms with Crippen molar-refractivity contribution in [3.63, 3.8) is 0 Å². The molecule has 1 N–H and O–H groups in total. The topological polar surface area (TPSA) is 69.7 Å². The Bertz CT molecular complexity index is 943. The summed E-state index contributed by atoms with van der Waals surface area (Å²) in [6, 6.07) is 15.9. The minimum absolute atomic E-state index is 0.160. The number of piperidine rings is 1. The van der Waals surface area contributed by atoms with Gasteiger partial charge in [0.05, 0.1) is 10.9 Å². The number of hydrogen-bond donors (Lipinski definition) is 1. The van der Waals surface area contributed by atoms with Gasteiger partial charge < -0.3 is 10.2 Å². The second-order valence-corrected chi connectivity index (χ2v) is 10.3. The molecule has 30 heavy (non-hydrogen) atoms. The van der Waals surface area contributed by atoms with Gasteiger partial charge in [-0.05, 0) is 62.7 Å². The fourth-order valence-electron chi connectivity index (χ4n) is 3.82. The summed E-state index contributed by atoms with van der Waals surface area (Å²) < 4.78 is 27.4. The number of hydrogen-bond acceptors (Lipinski definition) is 4. The average Bonchev–Trinajstić information content (AvgIpc) is 2.73. The highest BCUT2D eigenvalue weighted by molar-refractivity contribution is 7.89. The molecule has 162 valence electrons. The zero-order valence-corrected chi connectivity index (χ0v) is 18.7. The Kier molecular flexibility index (Phi) is 7.28. The molecule has 6 nitrogen and oxygen atoms in total. The summed E-state index contributed by atoms with van der Waals surface area (Å²) in [5, 5.41) is 3.07. The summed E-state index contributed by atoms with van der Waals surface area (Å²) in [5.41, 5.74) is 1.47. The third-order valence-electron chi connectivity index (χ3n) is 5.43. The molecule has 2 aromatic carbocycles. The highest BCUT2D eigenvalue weighted by Crippen LogP contribution is 2.24. The molecule has 0 spiro atoms. The normalized spacial score (nSPS) is 18.9. The molecule has 7 heteroatoms. The number of sulfonamides is 1. The number of nitrogens with one attached hydrogen (secondary N) is 1. The summed E-state index contributed by atoms with van der Waals surface area (Å²) in [6.45, 7) is 3.84. The van der Waals surface area contributed by atoms with Crippen LogP contribution in [0.1, 0.15) is 41.7 Å². The van der Waals surface area contributed by atoms with Crippen LogP contribution in [0.5, 0.6) is 0 Å². The second kappa shape index (κ2) is 9.73. The molecule has 2 atom stereocenters. The number of rotatable bonds is 7. The second-order valence-electron chi connectivity index (χ2n) is 8.33. The predicted molar refractivity (Wildman–Crippen MR) is 119 cm³/mol. The van der Waals surface area contributed by atoms with Gasteiger partial charge in [0.2, 0.25) is 10.0 Å². The van der Waals surface area contributed by atoms with Crippen LogP contribution in [0.2, 0.25) is 0 Å². The first-order valence-electron chi connectivity index (χ1n) is 10.4. The van der Waals surface area contributed by atoms with Gasteiger partial charge in [-0.15, -0.1) is 0 Å². The van der Waals surface area contributed by atoms with Gasteiger partial charge in [-0.25, -0.2) is 8.42 Å². The van der Waals surface area contributed by atoms with Gasteiger partial charge in [0.15, 0.2) is 0 Å². The van der Waals surface area contributed by atoms with Gasteiger partial charge in [0.1, 0.15) is 0 Å². The molecular formula is C23H31N3O3S. The average molecular weight is 430 g/mol. The first-order valence-corrected chi connectivity index (χ1v) is 11.8. The Hall–Kier alpha value is -2.22. The van der Waals surface area contributed by atoms with Gasteiger partial charge in [0.25, 0.3) is 5.91 Å². The van der Waals surface area contributed by atoms with E-state index >= 15 is 0 Å². The van der Waals surface area contributed by atoms with E-state index in [0.29, 0.717) is 31.1 Å². The summed E-state index contributed by atoms with van der Waals surface area (Å²) in [6.07, 6.45) is 1.94. The fourth-order valence-corrected chi connectivity index (χ4v) is 5.42. The van der Waals surface area contributed by atoms with Crippen molar-refractivity contribution >= 4 is 15.9 Å². The van der Waals surface area contributed by atoms with Crippen LogP contribution in [0, 0.1) is 5.92 Å². The van der Waals surface area contributed by atoms with Crippen LogP contribution >= 0.6 is 0 Å². The van der Waals surface area contributed by atoms with E-state index in [9.17, 15) is 13.2 Å². The molecule has 0 unspecified atom stereocenters. The van der Waals surface area contributed by atoms with E-state index in [1.165, 1.54) is 12.1 Å². The van der Waals surface area contributed by atoms with Crippen LogP contribution in [0.4, 0.5) is 0 Å². The van der Waals surface area contributed by atoms with Crippen LogP contribution in [-0.2, 0) is 10.0 Å². The van der Waals surface area contributed by atoms with Gasteiger partial charge in [0, 0.05) is 25.2 Å². The molecule has 1 heterocycles. The lowest BCUT2D eigenvalue weighted by Gasteiger charge is -2.30. The van der Waals surface area contributed by atoms with Crippen molar-refractivity contribution in [1.82, 2.24) is 14.5 Å². The molecule has 0 aromatic heterocycles. The number of carbonyl (C=O) groups is 1. The lowest BCUT2D eigenvalue weighted by molar-refractivity contribution is 0.0930.